The van der Waals surface area contributed by atoms with Crippen LogP contribution in [0.25, 0.3) is 10.9 Å². The lowest BCUT2D eigenvalue weighted by molar-refractivity contribution is 0.0368. The van der Waals surface area contributed by atoms with Crippen LogP contribution in [0.15, 0.2) is 18.3 Å². The van der Waals surface area contributed by atoms with E-state index in [4.69, 9.17) is 5.73 Å². The second-order valence-corrected chi connectivity index (χ2v) is 7.05. The Morgan fingerprint density at radius 2 is 1.92 bits per heavy atom. The Hall–Kier alpha value is -1.95. The molecular formula is C18H23FN4O. The highest BCUT2D eigenvalue weighted by atomic mass is 19.1. The lowest BCUT2D eigenvalue weighted by Crippen LogP contribution is -2.50. The molecule has 0 atom stereocenters. The molecule has 2 aliphatic carbocycles. The van der Waals surface area contributed by atoms with Crippen LogP contribution >= 0.6 is 0 Å². The minimum atomic E-state index is -0.643. The standard InChI is InChI=1S/C18H23FN4O/c19-13-9-12-11-22(21-17(12)16(10-13)18(20)24)7-8-23(14-3-1-4-14)15-5-2-6-15/h9-11,14-15H,1-8H2,(H2,20,24). The monoisotopic (exact) mass is 330 g/mol. The number of nitrogens with two attached hydrogens (primary N) is 1. The van der Waals surface area contributed by atoms with Gasteiger partial charge >= 0.3 is 0 Å². The predicted octanol–water partition coefficient (Wildman–Crippen LogP) is 2.68. The molecule has 2 aromatic rings. The fourth-order valence-corrected chi connectivity index (χ4v) is 3.77. The van der Waals surface area contributed by atoms with Crippen molar-refractivity contribution in [1.29, 1.82) is 0 Å². The molecule has 0 radical (unpaired) electrons. The van der Waals surface area contributed by atoms with Gasteiger partial charge in [0.1, 0.15) is 11.3 Å². The summed E-state index contributed by atoms with van der Waals surface area (Å²) < 4.78 is 15.5. The number of carbonyl (C=O) groups is 1. The first kappa shape index (κ1) is 15.6. The number of aromatic nitrogens is 2. The third-order valence-corrected chi connectivity index (χ3v) is 5.56. The fourth-order valence-electron chi connectivity index (χ4n) is 3.77. The highest BCUT2D eigenvalue weighted by Crippen LogP contribution is 2.33. The molecule has 24 heavy (non-hydrogen) atoms. The molecule has 0 aliphatic heterocycles. The lowest BCUT2D eigenvalue weighted by Gasteiger charge is -2.46. The van der Waals surface area contributed by atoms with Gasteiger partial charge in [0.15, 0.2) is 0 Å². The fraction of sp³-hybridized carbons (Fsp3) is 0.556. The summed E-state index contributed by atoms with van der Waals surface area (Å²) in [5.74, 6) is -1.10. The molecule has 128 valence electrons. The average Bonchev–Trinajstić information content (AvgIpc) is 2.82. The van der Waals surface area contributed by atoms with Crippen molar-refractivity contribution in [3.8, 4) is 0 Å². The number of carbonyl (C=O) groups excluding carboxylic acids is 1. The Kier molecular flexibility index (Phi) is 4.00. The number of fused-ring (bicyclic) bond motifs is 1. The van der Waals surface area contributed by atoms with Crippen LogP contribution < -0.4 is 5.73 Å². The van der Waals surface area contributed by atoms with Gasteiger partial charge in [-0.3, -0.25) is 14.4 Å². The van der Waals surface area contributed by atoms with Crippen LogP contribution in [-0.2, 0) is 6.54 Å². The van der Waals surface area contributed by atoms with Gasteiger partial charge < -0.3 is 5.73 Å². The van der Waals surface area contributed by atoms with E-state index in [1.165, 1.54) is 44.6 Å². The van der Waals surface area contributed by atoms with E-state index in [0.717, 1.165) is 31.2 Å². The SMILES string of the molecule is NC(=O)c1cc(F)cc2cn(CCN(C3CCC3)C3CCC3)nc12. The smallest absolute Gasteiger partial charge is 0.251 e. The van der Waals surface area contributed by atoms with Crippen LogP contribution in [0.3, 0.4) is 0 Å². The van der Waals surface area contributed by atoms with Crippen LogP contribution in [0.5, 0.6) is 0 Å². The van der Waals surface area contributed by atoms with Crippen LogP contribution in [0.2, 0.25) is 0 Å². The number of halogens is 1. The quantitative estimate of drug-likeness (QED) is 0.886. The molecule has 6 heteroatoms. The Labute approximate surface area is 140 Å². The Bertz CT molecular complexity index is 750. The molecule has 0 spiro atoms. The minimum Gasteiger partial charge on any atom is -0.366 e. The zero-order valence-electron chi connectivity index (χ0n) is 13.7. The van der Waals surface area contributed by atoms with Crippen molar-refractivity contribution in [1.82, 2.24) is 14.7 Å². The zero-order valence-corrected chi connectivity index (χ0v) is 13.7. The summed E-state index contributed by atoms with van der Waals surface area (Å²) in [6.45, 7) is 1.71. The van der Waals surface area contributed by atoms with Crippen molar-refractivity contribution in [2.45, 2.75) is 57.2 Å². The van der Waals surface area contributed by atoms with Gasteiger partial charge in [-0.1, -0.05) is 12.8 Å². The van der Waals surface area contributed by atoms with E-state index in [-0.39, 0.29) is 5.56 Å². The van der Waals surface area contributed by atoms with Gasteiger partial charge in [-0.15, -0.1) is 0 Å². The molecule has 0 saturated heterocycles. The molecule has 1 heterocycles. The zero-order chi connectivity index (χ0) is 16.7. The van der Waals surface area contributed by atoms with Gasteiger partial charge in [0.2, 0.25) is 0 Å². The van der Waals surface area contributed by atoms with E-state index >= 15 is 0 Å². The van der Waals surface area contributed by atoms with E-state index in [1.54, 1.807) is 0 Å². The van der Waals surface area contributed by atoms with Gasteiger partial charge in [0.25, 0.3) is 5.91 Å². The van der Waals surface area contributed by atoms with Crippen LogP contribution in [0.4, 0.5) is 4.39 Å². The van der Waals surface area contributed by atoms with Crippen LogP contribution in [0.1, 0.15) is 48.9 Å². The predicted molar refractivity (Wildman–Crippen MR) is 90.2 cm³/mol. The van der Waals surface area contributed by atoms with E-state index in [1.807, 2.05) is 10.9 Å². The summed E-state index contributed by atoms with van der Waals surface area (Å²) in [4.78, 5) is 14.1. The van der Waals surface area contributed by atoms with Crippen molar-refractivity contribution < 1.29 is 9.18 Å². The third-order valence-electron chi connectivity index (χ3n) is 5.56. The number of primary amides is 1. The highest BCUT2D eigenvalue weighted by Gasteiger charge is 2.33. The molecule has 1 aromatic heterocycles. The van der Waals surface area contributed by atoms with Crippen molar-refractivity contribution in [2.75, 3.05) is 6.54 Å². The Balaban J connectivity index is 1.53. The summed E-state index contributed by atoms with van der Waals surface area (Å²) in [6.07, 6.45) is 9.68. The van der Waals surface area contributed by atoms with Crippen molar-refractivity contribution in [2.24, 2.45) is 5.73 Å². The molecule has 2 aliphatic rings. The third kappa shape index (κ3) is 2.79. The number of nitrogens with zero attached hydrogens (tertiary/aromatic N) is 3. The van der Waals surface area contributed by atoms with Gasteiger partial charge in [0, 0.05) is 30.2 Å². The normalized spacial score (nSPS) is 18.8. The molecule has 4 rings (SSSR count). The second-order valence-electron chi connectivity index (χ2n) is 7.05. The van der Waals surface area contributed by atoms with Crippen molar-refractivity contribution >= 4 is 16.8 Å². The molecule has 2 N–H and O–H groups in total. The van der Waals surface area contributed by atoms with Crippen LogP contribution in [-0.4, -0.2) is 39.2 Å². The maximum Gasteiger partial charge on any atom is 0.251 e. The maximum absolute atomic E-state index is 13.6. The second kappa shape index (κ2) is 6.16. The number of hydrogen-bond acceptors (Lipinski definition) is 3. The van der Waals surface area contributed by atoms with Gasteiger partial charge in [-0.25, -0.2) is 4.39 Å². The van der Waals surface area contributed by atoms with Gasteiger partial charge in [0.05, 0.1) is 12.1 Å². The van der Waals surface area contributed by atoms with E-state index < -0.39 is 11.7 Å². The summed E-state index contributed by atoms with van der Waals surface area (Å²) in [5.41, 5.74) is 5.99. The number of hydrogen-bond donors (Lipinski definition) is 1. The molecule has 5 nitrogen and oxygen atoms in total. The topological polar surface area (TPSA) is 64.2 Å². The maximum atomic E-state index is 13.6. The number of benzene rings is 1. The van der Waals surface area contributed by atoms with Gasteiger partial charge in [-0.2, -0.15) is 5.10 Å². The molecule has 0 unspecified atom stereocenters. The lowest BCUT2D eigenvalue weighted by atomic mass is 9.84. The first-order valence-electron chi connectivity index (χ1n) is 8.84. The van der Waals surface area contributed by atoms with Crippen molar-refractivity contribution in [3.63, 3.8) is 0 Å². The number of rotatable bonds is 6. The average molecular weight is 330 g/mol. The summed E-state index contributed by atoms with van der Waals surface area (Å²) >= 11 is 0. The first-order valence-corrected chi connectivity index (χ1v) is 8.84. The summed E-state index contributed by atoms with van der Waals surface area (Å²) in [6, 6.07) is 4.01. The van der Waals surface area contributed by atoms with E-state index in [9.17, 15) is 9.18 Å². The minimum absolute atomic E-state index is 0.151. The molecule has 1 amide bonds. The molecule has 1 aromatic carbocycles. The van der Waals surface area contributed by atoms with E-state index in [0.29, 0.717) is 10.9 Å². The Morgan fingerprint density at radius 3 is 2.46 bits per heavy atom. The molecular weight excluding hydrogens is 307 g/mol. The highest BCUT2D eigenvalue weighted by molar-refractivity contribution is 6.04. The first-order chi connectivity index (χ1) is 11.6. The Morgan fingerprint density at radius 1 is 1.25 bits per heavy atom. The number of amides is 1. The molecule has 2 saturated carbocycles. The molecule has 2 fully saturated rings. The van der Waals surface area contributed by atoms with Gasteiger partial charge in [-0.05, 0) is 37.8 Å². The summed E-state index contributed by atoms with van der Waals surface area (Å²) in [7, 11) is 0. The molecule has 0 bridgehead atoms. The van der Waals surface area contributed by atoms with Crippen LogP contribution in [0, 0.1) is 5.82 Å². The van der Waals surface area contributed by atoms with Crippen molar-refractivity contribution in [3.05, 3.63) is 29.7 Å². The summed E-state index contributed by atoms with van der Waals surface area (Å²) in [5, 5.41) is 5.10. The van der Waals surface area contributed by atoms with E-state index in [2.05, 4.69) is 10.00 Å². The largest absolute Gasteiger partial charge is 0.366 e.